The minimum atomic E-state index is -0.246. The lowest BCUT2D eigenvalue weighted by Gasteiger charge is -2.32. The number of para-hydroxylation sites is 1. The molecule has 1 unspecified atom stereocenters. The number of nitrogens with one attached hydrogen (secondary N) is 2. The molecule has 1 aromatic heterocycles. The van der Waals surface area contributed by atoms with E-state index >= 15 is 0 Å². The van der Waals surface area contributed by atoms with Gasteiger partial charge in [-0.2, -0.15) is 0 Å². The fourth-order valence-corrected chi connectivity index (χ4v) is 3.66. The van der Waals surface area contributed by atoms with Crippen LogP contribution in [-0.2, 0) is 18.4 Å². The fourth-order valence-electron chi connectivity index (χ4n) is 3.66. The average Bonchev–Trinajstić information content (AvgIpc) is 3.24. The predicted octanol–water partition coefficient (Wildman–Crippen LogP) is 3.88. The van der Waals surface area contributed by atoms with Crippen molar-refractivity contribution < 1.29 is 14.3 Å². The Bertz CT molecular complexity index is 1050. The van der Waals surface area contributed by atoms with Gasteiger partial charge < -0.3 is 24.8 Å². The molecule has 1 aliphatic heterocycles. The van der Waals surface area contributed by atoms with Gasteiger partial charge in [-0.1, -0.05) is 18.2 Å². The summed E-state index contributed by atoms with van der Waals surface area (Å²) >= 11 is 0. The maximum absolute atomic E-state index is 12.8. The third-order valence-electron chi connectivity index (χ3n) is 5.52. The fraction of sp³-hybridized carbons (Fsp3) is 0.292. The number of anilines is 2. The van der Waals surface area contributed by atoms with Crippen molar-refractivity contribution in [3.63, 3.8) is 0 Å². The van der Waals surface area contributed by atoms with Crippen molar-refractivity contribution >= 4 is 23.3 Å². The Kier molecular flexibility index (Phi) is 6.69. The number of aromatic nitrogens is 2. The number of hydrogen-bond donors (Lipinski definition) is 2. The highest BCUT2D eigenvalue weighted by Crippen LogP contribution is 2.21. The maximum Gasteiger partial charge on any atom is 0.321 e. The number of carbonyl (C=O) groups is 2. The zero-order valence-corrected chi connectivity index (χ0v) is 18.0. The van der Waals surface area contributed by atoms with Crippen molar-refractivity contribution in [2.75, 3.05) is 23.7 Å². The number of nitrogens with zero attached hydrogens (tertiary/aromatic N) is 3. The summed E-state index contributed by atoms with van der Waals surface area (Å²) in [4.78, 5) is 31.3. The second-order valence-electron chi connectivity index (χ2n) is 7.84. The van der Waals surface area contributed by atoms with Gasteiger partial charge in [0.25, 0.3) is 0 Å². The van der Waals surface area contributed by atoms with Crippen molar-refractivity contribution in [1.29, 1.82) is 0 Å². The van der Waals surface area contributed by atoms with Gasteiger partial charge in [0.1, 0.15) is 18.2 Å². The third kappa shape index (κ3) is 5.46. The molecule has 0 aliphatic carbocycles. The maximum atomic E-state index is 12.8. The van der Waals surface area contributed by atoms with Gasteiger partial charge in [-0.25, -0.2) is 9.78 Å². The summed E-state index contributed by atoms with van der Waals surface area (Å²) in [6.07, 6.45) is 5.15. The van der Waals surface area contributed by atoms with Crippen LogP contribution in [0.15, 0.2) is 67.0 Å². The molecule has 1 fully saturated rings. The Morgan fingerprint density at radius 1 is 1.06 bits per heavy atom. The highest BCUT2D eigenvalue weighted by atomic mass is 16.5. The number of piperidine rings is 1. The van der Waals surface area contributed by atoms with E-state index in [4.69, 9.17) is 4.74 Å². The summed E-state index contributed by atoms with van der Waals surface area (Å²) in [5, 5.41) is 5.85. The molecule has 1 aliphatic rings. The molecule has 4 rings (SSSR count). The van der Waals surface area contributed by atoms with Crippen molar-refractivity contribution in [2.24, 2.45) is 13.0 Å². The number of carbonyl (C=O) groups excluding carboxylic acids is 2. The van der Waals surface area contributed by atoms with Gasteiger partial charge in [0.2, 0.25) is 5.91 Å². The number of amides is 3. The Labute approximate surface area is 187 Å². The van der Waals surface area contributed by atoms with Crippen LogP contribution in [0, 0.1) is 5.92 Å². The molecule has 0 saturated carbocycles. The third-order valence-corrected chi connectivity index (χ3v) is 5.52. The predicted molar refractivity (Wildman–Crippen MR) is 122 cm³/mol. The molecule has 0 bridgehead atoms. The van der Waals surface area contributed by atoms with Crippen LogP contribution in [0.4, 0.5) is 16.2 Å². The van der Waals surface area contributed by atoms with Crippen LogP contribution in [0.25, 0.3) is 0 Å². The number of imidazole rings is 1. The van der Waals surface area contributed by atoms with Crippen LogP contribution in [0.1, 0.15) is 18.7 Å². The van der Waals surface area contributed by atoms with E-state index in [2.05, 4.69) is 15.6 Å². The molecule has 1 atom stereocenters. The van der Waals surface area contributed by atoms with Gasteiger partial charge in [0.05, 0.1) is 5.92 Å². The lowest BCUT2D eigenvalue weighted by Crippen LogP contribution is -2.45. The Morgan fingerprint density at radius 3 is 2.53 bits per heavy atom. The number of benzene rings is 2. The molecule has 1 saturated heterocycles. The number of ether oxygens (including phenoxy) is 1. The summed E-state index contributed by atoms with van der Waals surface area (Å²) in [5.41, 5.74) is 1.44. The van der Waals surface area contributed by atoms with Crippen molar-refractivity contribution in [3.8, 4) is 5.75 Å². The topological polar surface area (TPSA) is 88.5 Å². The molecule has 8 nitrogen and oxygen atoms in total. The molecule has 2 N–H and O–H groups in total. The SMILES string of the molecule is Cn1ccnc1COc1ccc(NC(=O)C2CCCN(C(=O)Nc3ccccc3)C2)cc1. The number of hydrogen-bond acceptors (Lipinski definition) is 4. The van der Waals surface area contributed by atoms with Crippen LogP contribution in [0.3, 0.4) is 0 Å². The van der Waals surface area contributed by atoms with Crippen LogP contribution in [-0.4, -0.2) is 39.5 Å². The first-order valence-electron chi connectivity index (χ1n) is 10.7. The van der Waals surface area contributed by atoms with Crippen LogP contribution >= 0.6 is 0 Å². The van der Waals surface area contributed by atoms with Gasteiger partial charge in [0.15, 0.2) is 0 Å². The molecule has 3 aromatic rings. The molecule has 2 heterocycles. The highest BCUT2D eigenvalue weighted by Gasteiger charge is 2.28. The average molecular weight is 434 g/mol. The molecule has 8 heteroatoms. The van der Waals surface area contributed by atoms with E-state index in [-0.39, 0.29) is 17.9 Å². The first-order valence-corrected chi connectivity index (χ1v) is 10.7. The second kappa shape index (κ2) is 10.00. The number of likely N-dealkylation sites (tertiary alicyclic amines) is 1. The smallest absolute Gasteiger partial charge is 0.321 e. The molecular formula is C24H27N5O3. The lowest BCUT2D eigenvalue weighted by molar-refractivity contribution is -0.121. The first-order chi connectivity index (χ1) is 15.6. The van der Waals surface area contributed by atoms with Crippen LogP contribution in [0.2, 0.25) is 0 Å². The van der Waals surface area contributed by atoms with Crippen LogP contribution < -0.4 is 15.4 Å². The summed E-state index contributed by atoms with van der Waals surface area (Å²) < 4.78 is 7.65. The molecule has 2 aromatic carbocycles. The largest absolute Gasteiger partial charge is 0.486 e. The number of aryl methyl sites for hydroxylation is 1. The van der Waals surface area contributed by atoms with E-state index in [0.717, 1.165) is 24.4 Å². The van der Waals surface area contributed by atoms with Gasteiger partial charge >= 0.3 is 6.03 Å². The molecule has 3 amide bonds. The quantitative estimate of drug-likeness (QED) is 0.617. The summed E-state index contributed by atoms with van der Waals surface area (Å²) in [6, 6.07) is 16.4. The standard InChI is InChI=1S/C24H27N5O3/c1-28-15-13-25-22(28)17-32-21-11-9-20(10-12-21)26-23(30)18-6-5-14-29(16-18)24(31)27-19-7-3-2-4-8-19/h2-4,7-13,15,18H,5-6,14,16-17H2,1H3,(H,26,30)(H,27,31). The van der Waals surface area contributed by atoms with E-state index in [1.807, 2.05) is 72.4 Å². The molecule has 32 heavy (non-hydrogen) atoms. The Hall–Kier alpha value is -3.81. The molecular weight excluding hydrogens is 406 g/mol. The minimum absolute atomic E-state index is 0.0797. The molecule has 0 spiro atoms. The lowest BCUT2D eigenvalue weighted by atomic mass is 9.97. The zero-order chi connectivity index (χ0) is 22.3. The summed E-state index contributed by atoms with van der Waals surface area (Å²) in [7, 11) is 1.92. The van der Waals surface area contributed by atoms with E-state index in [1.54, 1.807) is 11.1 Å². The molecule has 166 valence electrons. The van der Waals surface area contributed by atoms with E-state index in [9.17, 15) is 9.59 Å². The first kappa shape index (κ1) is 21.4. The summed E-state index contributed by atoms with van der Waals surface area (Å²) in [5.74, 6) is 1.21. The number of rotatable bonds is 6. The molecule has 0 radical (unpaired) electrons. The van der Waals surface area contributed by atoms with Gasteiger partial charge in [0, 0.05) is 43.9 Å². The minimum Gasteiger partial charge on any atom is -0.486 e. The monoisotopic (exact) mass is 433 g/mol. The zero-order valence-electron chi connectivity index (χ0n) is 18.0. The Morgan fingerprint density at radius 2 is 1.81 bits per heavy atom. The van der Waals surface area contributed by atoms with Crippen molar-refractivity contribution in [3.05, 3.63) is 72.8 Å². The normalized spacial score (nSPS) is 15.8. The van der Waals surface area contributed by atoms with Crippen LogP contribution in [0.5, 0.6) is 5.75 Å². The van der Waals surface area contributed by atoms with Crippen molar-refractivity contribution in [1.82, 2.24) is 14.5 Å². The van der Waals surface area contributed by atoms with E-state index in [0.29, 0.717) is 31.1 Å². The second-order valence-corrected chi connectivity index (χ2v) is 7.84. The number of urea groups is 1. The van der Waals surface area contributed by atoms with E-state index < -0.39 is 0 Å². The van der Waals surface area contributed by atoms with Crippen molar-refractivity contribution in [2.45, 2.75) is 19.4 Å². The highest BCUT2D eigenvalue weighted by molar-refractivity contribution is 5.94. The van der Waals surface area contributed by atoms with E-state index in [1.165, 1.54) is 0 Å². The Balaban J connectivity index is 1.28. The van der Waals surface area contributed by atoms with Gasteiger partial charge in [-0.15, -0.1) is 0 Å². The van der Waals surface area contributed by atoms with Gasteiger partial charge in [-0.3, -0.25) is 4.79 Å². The van der Waals surface area contributed by atoms with Gasteiger partial charge in [-0.05, 0) is 49.2 Å². The summed E-state index contributed by atoms with van der Waals surface area (Å²) in [6.45, 7) is 1.41.